The van der Waals surface area contributed by atoms with Gasteiger partial charge in [0.05, 0.1) is 18.4 Å². The molecule has 0 aliphatic heterocycles. The molecule has 0 fully saturated rings. The topological polar surface area (TPSA) is 85.2 Å². The van der Waals surface area contributed by atoms with Gasteiger partial charge in [0.15, 0.2) is 0 Å². The van der Waals surface area contributed by atoms with Crippen LogP contribution in [0.1, 0.15) is 11.1 Å². The monoisotopic (exact) mass is 275 g/mol. The van der Waals surface area contributed by atoms with Crippen LogP contribution in [0.2, 0.25) is 5.02 Å². The van der Waals surface area contributed by atoms with E-state index in [2.05, 4.69) is 4.98 Å². The zero-order valence-electron chi connectivity index (χ0n) is 10.2. The molecule has 4 nitrogen and oxygen atoms in total. The molecule has 1 heterocycles. The van der Waals surface area contributed by atoms with Crippen LogP contribution in [-0.4, -0.2) is 16.6 Å². The fourth-order valence-corrected chi connectivity index (χ4v) is 2.09. The maximum Gasteiger partial charge on any atom is 0.114 e. The third-order valence-corrected chi connectivity index (χ3v) is 3.08. The minimum Gasteiger partial charge on any atom is -0.510 e. The van der Waals surface area contributed by atoms with Crippen LogP contribution in [0.4, 0.5) is 5.69 Å². The van der Waals surface area contributed by atoms with Gasteiger partial charge in [-0.3, -0.25) is 4.98 Å². The molecule has 0 aliphatic carbocycles. The van der Waals surface area contributed by atoms with Crippen LogP contribution in [0.3, 0.4) is 0 Å². The van der Waals surface area contributed by atoms with Crippen molar-refractivity contribution in [1.82, 2.24) is 4.98 Å². The third kappa shape index (κ3) is 2.70. The highest BCUT2D eigenvalue weighted by atomic mass is 35.5. The summed E-state index contributed by atoms with van der Waals surface area (Å²) in [6.45, 7) is 0.00230. The predicted molar refractivity (Wildman–Crippen MR) is 77.8 cm³/mol. The molecule has 0 unspecified atom stereocenters. The molecule has 0 bridgehead atoms. The Kier molecular flexibility index (Phi) is 4.04. The van der Waals surface area contributed by atoms with Crippen LogP contribution in [-0.2, 0) is 0 Å². The Bertz CT molecular complexity index is 578. The van der Waals surface area contributed by atoms with Gasteiger partial charge in [-0.2, -0.15) is 0 Å². The number of nitrogens with two attached hydrogens (primary N) is 2. The number of anilines is 1. The van der Waals surface area contributed by atoms with E-state index in [9.17, 15) is 5.11 Å². The summed E-state index contributed by atoms with van der Waals surface area (Å²) in [5, 5.41) is 10.6. The molecular formula is C14H14ClN3O. The van der Waals surface area contributed by atoms with Crippen molar-refractivity contribution in [2.75, 3.05) is 12.3 Å². The molecule has 0 atom stereocenters. The molecule has 0 aliphatic rings. The molecule has 19 heavy (non-hydrogen) atoms. The van der Waals surface area contributed by atoms with Crippen molar-refractivity contribution in [3.05, 3.63) is 64.6 Å². The number of aromatic nitrogens is 1. The smallest absolute Gasteiger partial charge is 0.114 e. The second kappa shape index (κ2) is 5.73. The number of pyridine rings is 1. The zero-order valence-corrected chi connectivity index (χ0v) is 10.9. The van der Waals surface area contributed by atoms with Gasteiger partial charge in [0.1, 0.15) is 5.76 Å². The number of hydrogen-bond donors (Lipinski definition) is 3. The number of hydrogen-bond acceptors (Lipinski definition) is 4. The lowest BCUT2D eigenvalue weighted by molar-refractivity contribution is 0.407. The highest BCUT2D eigenvalue weighted by molar-refractivity contribution is 6.32. The summed E-state index contributed by atoms with van der Waals surface area (Å²) in [4.78, 5) is 3.94. The fraction of sp³-hybridized carbons (Fsp3) is 0.0714. The second-order valence-corrected chi connectivity index (χ2v) is 4.38. The van der Waals surface area contributed by atoms with Gasteiger partial charge in [-0.15, -0.1) is 0 Å². The van der Waals surface area contributed by atoms with Gasteiger partial charge < -0.3 is 16.6 Å². The Balaban J connectivity index is 2.70. The maximum absolute atomic E-state index is 10.1. The Morgan fingerprint density at radius 1 is 1.21 bits per heavy atom. The highest BCUT2D eigenvalue weighted by Crippen LogP contribution is 2.33. The molecule has 1 aromatic heterocycles. The molecule has 0 saturated carbocycles. The van der Waals surface area contributed by atoms with Crippen molar-refractivity contribution in [1.29, 1.82) is 0 Å². The molecule has 0 spiro atoms. The summed E-state index contributed by atoms with van der Waals surface area (Å²) in [5.74, 6) is 0.0333. The number of aliphatic hydroxyl groups excluding tert-OH is 1. The van der Waals surface area contributed by atoms with E-state index in [1.54, 1.807) is 18.3 Å². The standard InChI is InChI=1S/C14H14ClN3O/c15-11-4-2-1-3-9(11)14(13(19)7-16)10-5-6-18-8-12(10)17/h1-6,8,19H,7,16-17H2. The first-order chi connectivity index (χ1) is 9.15. The van der Waals surface area contributed by atoms with Gasteiger partial charge in [-0.05, 0) is 12.1 Å². The van der Waals surface area contributed by atoms with E-state index in [0.717, 1.165) is 0 Å². The third-order valence-electron chi connectivity index (χ3n) is 2.75. The largest absolute Gasteiger partial charge is 0.510 e. The van der Waals surface area contributed by atoms with Crippen molar-refractivity contribution in [3.63, 3.8) is 0 Å². The summed E-state index contributed by atoms with van der Waals surface area (Å²) in [5.41, 5.74) is 13.8. The lowest BCUT2D eigenvalue weighted by Crippen LogP contribution is -2.08. The van der Waals surface area contributed by atoms with E-state index in [1.807, 2.05) is 18.2 Å². The van der Waals surface area contributed by atoms with E-state index in [-0.39, 0.29) is 12.3 Å². The van der Waals surface area contributed by atoms with Crippen LogP contribution < -0.4 is 11.5 Å². The van der Waals surface area contributed by atoms with Crippen molar-refractivity contribution in [2.45, 2.75) is 0 Å². The van der Waals surface area contributed by atoms with E-state index in [1.165, 1.54) is 6.20 Å². The van der Waals surface area contributed by atoms with Crippen molar-refractivity contribution in [2.24, 2.45) is 5.73 Å². The second-order valence-electron chi connectivity index (χ2n) is 3.97. The summed E-state index contributed by atoms with van der Waals surface area (Å²) < 4.78 is 0. The van der Waals surface area contributed by atoms with Crippen molar-refractivity contribution in [3.8, 4) is 0 Å². The van der Waals surface area contributed by atoms with Gasteiger partial charge in [-0.25, -0.2) is 0 Å². The lowest BCUT2D eigenvalue weighted by Gasteiger charge is -2.14. The van der Waals surface area contributed by atoms with Crippen LogP contribution in [0.25, 0.3) is 5.57 Å². The Hall–Kier alpha value is -2.04. The van der Waals surface area contributed by atoms with Gasteiger partial charge in [-0.1, -0.05) is 29.8 Å². The number of halogens is 1. The number of aliphatic hydroxyl groups is 1. The van der Waals surface area contributed by atoms with Crippen LogP contribution in [0.5, 0.6) is 0 Å². The maximum atomic E-state index is 10.1. The molecule has 5 heteroatoms. The quantitative estimate of drug-likeness (QED) is 0.752. The Morgan fingerprint density at radius 3 is 2.58 bits per heavy atom. The molecule has 1 aromatic carbocycles. The van der Waals surface area contributed by atoms with Crippen molar-refractivity contribution >= 4 is 22.9 Å². The summed E-state index contributed by atoms with van der Waals surface area (Å²) in [6.07, 6.45) is 3.13. The molecular weight excluding hydrogens is 262 g/mol. The molecule has 98 valence electrons. The Morgan fingerprint density at radius 2 is 1.95 bits per heavy atom. The molecule has 0 radical (unpaired) electrons. The average Bonchev–Trinajstić information content (AvgIpc) is 2.43. The summed E-state index contributed by atoms with van der Waals surface area (Å²) in [7, 11) is 0. The first-order valence-corrected chi connectivity index (χ1v) is 6.10. The van der Waals surface area contributed by atoms with Gasteiger partial charge >= 0.3 is 0 Å². The zero-order chi connectivity index (χ0) is 13.8. The summed E-state index contributed by atoms with van der Waals surface area (Å²) >= 11 is 6.18. The van der Waals surface area contributed by atoms with Crippen LogP contribution in [0.15, 0.2) is 48.5 Å². The van der Waals surface area contributed by atoms with Gasteiger partial charge in [0.2, 0.25) is 0 Å². The number of rotatable bonds is 3. The minimum absolute atomic E-state index is 0.00230. The molecule has 5 N–H and O–H groups in total. The van der Waals surface area contributed by atoms with Crippen LogP contribution in [0, 0.1) is 0 Å². The molecule has 2 rings (SSSR count). The van der Waals surface area contributed by atoms with Gasteiger partial charge in [0, 0.05) is 27.9 Å². The fourth-order valence-electron chi connectivity index (χ4n) is 1.86. The van der Waals surface area contributed by atoms with E-state index < -0.39 is 0 Å². The van der Waals surface area contributed by atoms with E-state index in [4.69, 9.17) is 23.1 Å². The van der Waals surface area contributed by atoms with E-state index in [0.29, 0.717) is 27.4 Å². The highest BCUT2D eigenvalue weighted by Gasteiger charge is 2.15. The molecule has 0 amide bonds. The molecule has 0 saturated heterocycles. The minimum atomic E-state index is 0.00230. The van der Waals surface area contributed by atoms with Crippen LogP contribution >= 0.6 is 11.6 Å². The number of nitrogens with zero attached hydrogens (tertiary/aromatic N) is 1. The first-order valence-electron chi connectivity index (χ1n) is 5.72. The first kappa shape index (κ1) is 13.4. The SMILES string of the molecule is NCC(O)=C(c1ccncc1N)c1ccccc1Cl. The van der Waals surface area contributed by atoms with E-state index >= 15 is 0 Å². The van der Waals surface area contributed by atoms with Crippen molar-refractivity contribution < 1.29 is 5.11 Å². The number of benzene rings is 1. The number of nitrogen functional groups attached to an aromatic ring is 1. The normalized spacial score (nSPS) is 12.1. The molecule has 2 aromatic rings. The predicted octanol–water partition coefficient (Wildman–Crippen LogP) is 2.59. The lowest BCUT2D eigenvalue weighted by atomic mass is 9.96. The van der Waals surface area contributed by atoms with Gasteiger partial charge in [0.25, 0.3) is 0 Å². The summed E-state index contributed by atoms with van der Waals surface area (Å²) in [6, 6.07) is 8.93. The Labute approximate surface area is 116 Å². The average molecular weight is 276 g/mol.